The van der Waals surface area contributed by atoms with Crippen LogP contribution in [0.4, 0.5) is 0 Å². The molecular weight excluding hydrogens is 318 g/mol. The average Bonchev–Trinajstić information content (AvgIpc) is 2.87. The van der Waals surface area contributed by atoms with Crippen LogP contribution < -0.4 is 5.32 Å². The Bertz CT molecular complexity index is 640. The molecule has 0 unspecified atom stereocenters. The van der Waals surface area contributed by atoms with Gasteiger partial charge in [-0.1, -0.05) is 13.8 Å². The maximum absolute atomic E-state index is 12.6. The van der Waals surface area contributed by atoms with Crippen molar-refractivity contribution >= 4 is 11.8 Å². The van der Waals surface area contributed by atoms with E-state index in [1.807, 2.05) is 37.8 Å². The first-order chi connectivity index (χ1) is 11.9. The van der Waals surface area contributed by atoms with Gasteiger partial charge in [0.25, 0.3) is 0 Å². The minimum absolute atomic E-state index is 0.0318. The highest BCUT2D eigenvalue weighted by molar-refractivity contribution is 5.79. The minimum Gasteiger partial charge on any atom is -0.465 e. The Morgan fingerprint density at radius 1 is 1.32 bits per heavy atom. The van der Waals surface area contributed by atoms with Crippen molar-refractivity contribution in [3.05, 3.63) is 23.7 Å². The second-order valence-corrected chi connectivity index (χ2v) is 7.82. The molecule has 3 heterocycles. The molecule has 1 N–H and O–H groups in total. The molecule has 1 atom stereocenters. The molecule has 1 aromatic rings. The number of amides is 2. The molecule has 6 heteroatoms. The molecule has 25 heavy (non-hydrogen) atoms. The highest BCUT2D eigenvalue weighted by atomic mass is 16.3. The lowest BCUT2D eigenvalue weighted by molar-refractivity contribution is -0.136. The van der Waals surface area contributed by atoms with Gasteiger partial charge >= 0.3 is 0 Å². The Kier molecular flexibility index (Phi) is 5.18. The maximum Gasteiger partial charge on any atom is 0.225 e. The van der Waals surface area contributed by atoms with E-state index in [4.69, 9.17) is 4.42 Å². The highest BCUT2D eigenvalue weighted by Crippen LogP contribution is 2.26. The summed E-state index contributed by atoms with van der Waals surface area (Å²) in [5.41, 5.74) is -0.349. The fourth-order valence-electron chi connectivity index (χ4n) is 3.99. The summed E-state index contributed by atoms with van der Waals surface area (Å²) in [5.74, 6) is 2.06. The van der Waals surface area contributed by atoms with Crippen LogP contribution in [0.3, 0.4) is 0 Å². The zero-order valence-electron chi connectivity index (χ0n) is 15.5. The summed E-state index contributed by atoms with van der Waals surface area (Å²) in [6.45, 7) is 9.34. The predicted molar refractivity (Wildman–Crippen MR) is 94.9 cm³/mol. The van der Waals surface area contributed by atoms with E-state index in [9.17, 15) is 9.59 Å². The van der Waals surface area contributed by atoms with Crippen LogP contribution in [0.5, 0.6) is 0 Å². The van der Waals surface area contributed by atoms with Crippen molar-refractivity contribution in [1.29, 1.82) is 0 Å². The van der Waals surface area contributed by atoms with E-state index in [1.165, 1.54) is 0 Å². The lowest BCUT2D eigenvalue weighted by atomic mass is 9.87. The fraction of sp³-hybridized carbons (Fsp3) is 0.684. The van der Waals surface area contributed by atoms with Crippen molar-refractivity contribution in [2.75, 3.05) is 26.2 Å². The lowest BCUT2D eigenvalue weighted by Crippen LogP contribution is -2.61. The summed E-state index contributed by atoms with van der Waals surface area (Å²) < 4.78 is 5.73. The number of nitrogens with zero attached hydrogens (tertiary/aromatic N) is 2. The number of hydrogen-bond acceptors (Lipinski definition) is 4. The molecule has 0 aliphatic carbocycles. The number of rotatable bonds is 3. The Hall–Kier alpha value is -1.82. The van der Waals surface area contributed by atoms with Crippen molar-refractivity contribution in [2.24, 2.45) is 5.92 Å². The van der Waals surface area contributed by atoms with Crippen molar-refractivity contribution in [1.82, 2.24) is 15.1 Å². The summed E-state index contributed by atoms with van der Waals surface area (Å²) in [7, 11) is 0. The third kappa shape index (κ3) is 4.24. The van der Waals surface area contributed by atoms with Crippen LogP contribution in [0, 0.1) is 12.8 Å². The van der Waals surface area contributed by atoms with Gasteiger partial charge in [-0.3, -0.25) is 14.5 Å². The van der Waals surface area contributed by atoms with E-state index in [-0.39, 0.29) is 23.3 Å². The van der Waals surface area contributed by atoms with E-state index in [2.05, 4.69) is 10.2 Å². The third-order valence-corrected chi connectivity index (χ3v) is 5.15. The average molecular weight is 347 g/mol. The zero-order chi connectivity index (χ0) is 18.0. The smallest absolute Gasteiger partial charge is 0.225 e. The van der Waals surface area contributed by atoms with Crippen LogP contribution in [-0.2, 0) is 16.1 Å². The van der Waals surface area contributed by atoms with E-state index >= 15 is 0 Å². The zero-order valence-corrected chi connectivity index (χ0v) is 15.5. The van der Waals surface area contributed by atoms with Gasteiger partial charge in [0.15, 0.2) is 0 Å². The maximum atomic E-state index is 12.6. The number of aryl methyl sites for hydroxylation is 1. The molecule has 3 rings (SSSR count). The lowest BCUT2D eigenvalue weighted by Gasteiger charge is -2.41. The number of nitrogens with one attached hydrogen (secondary N) is 1. The van der Waals surface area contributed by atoms with Gasteiger partial charge < -0.3 is 14.6 Å². The molecule has 1 spiro atoms. The van der Waals surface area contributed by atoms with Gasteiger partial charge in [-0.2, -0.15) is 0 Å². The van der Waals surface area contributed by atoms with E-state index in [0.717, 1.165) is 37.5 Å². The second-order valence-electron chi connectivity index (χ2n) is 7.82. The van der Waals surface area contributed by atoms with E-state index < -0.39 is 0 Å². The molecule has 1 aromatic heterocycles. The molecule has 6 nitrogen and oxygen atoms in total. The van der Waals surface area contributed by atoms with Gasteiger partial charge in [-0.05, 0) is 31.9 Å². The number of hydrogen-bond donors (Lipinski definition) is 1. The van der Waals surface area contributed by atoms with Crippen LogP contribution in [0.2, 0.25) is 0 Å². The molecule has 0 radical (unpaired) electrons. The van der Waals surface area contributed by atoms with Gasteiger partial charge in [0.1, 0.15) is 11.5 Å². The summed E-state index contributed by atoms with van der Waals surface area (Å²) >= 11 is 0. The first kappa shape index (κ1) is 18.0. The normalized spacial score (nSPS) is 25.3. The van der Waals surface area contributed by atoms with E-state index in [0.29, 0.717) is 26.1 Å². The Balaban J connectivity index is 1.80. The third-order valence-electron chi connectivity index (χ3n) is 5.15. The van der Waals surface area contributed by atoms with Gasteiger partial charge in [0.2, 0.25) is 11.8 Å². The topological polar surface area (TPSA) is 65.8 Å². The number of carbonyl (C=O) groups is 2. The van der Waals surface area contributed by atoms with Crippen LogP contribution in [0.1, 0.15) is 44.6 Å². The van der Waals surface area contributed by atoms with Gasteiger partial charge in [-0.25, -0.2) is 0 Å². The standard InChI is InChI=1S/C19H29N3O3/c1-14(2)18(24)22-10-9-21(11-16-7-6-15(3)25-16)12-19(13-22)8-4-5-17(23)20-19/h6-7,14H,4-5,8-13H2,1-3H3,(H,20,23)/t19-/m1/s1. The molecule has 0 bridgehead atoms. The first-order valence-corrected chi connectivity index (χ1v) is 9.24. The van der Waals surface area contributed by atoms with E-state index in [1.54, 1.807) is 0 Å². The summed E-state index contributed by atoms with van der Waals surface area (Å²) in [5, 5.41) is 3.21. The molecule has 2 fully saturated rings. The van der Waals surface area contributed by atoms with Crippen molar-refractivity contribution in [3.8, 4) is 0 Å². The number of furan rings is 1. The molecule has 2 aliphatic heterocycles. The monoisotopic (exact) mass is 347 g/mol. The molecule has 0 aromatic carbocycles. The molecule has 138 valence electrons. The van der Waals surface area contributed by atoms with Crippen LogP contribution in [0.25, 0.3) is 0 Å². The van der Waals surface area contributed by atoms with Gasteiger partial charge in [0, 0.05) is 38.5 Å². The van der Waals surface area contributed by atoms with Crippen molar-refractivity contribution in [3.63, 3.8) is 0 Å². The molecule has 2 aliphatic rings. The van der Waals surface area contributed by atoms with Crippen LogP contribution >= 0.6 is 0 Å². The summed E-state index contributed by atoms with van der Waals surface area (Å²) in [6.07, 6.45) is 2.37. The first-order valence-electron chi connectivity index (χ1n) is 9.24. The van der Waals surface area contributed by atoms with Crippen molar-refractivity contribution in [2.45, 2.75) is 52.1 Å². The molecule has 2 amide bonds. The van der Waals surface area contributed by atoms with Gasteiger partial charge in [0.05, 0.1) is 12.1 Å². The predicted octanol–water partition coefficient (Wildman–Crippen LogP) is 1.93. The molecule has 0 saturated carbocycles. The quantitative estimate of drug-likeness (QED) is 0.907. The van der Waals surface area contributed by atoms with Crippen LogP contribution in [-0.4, -0.2) is 53.3 Å². The SMILES string of the molecule is Cc1ccc(CN2CCN(C(=O)C(C)C)C[C@@]3(CCCC(=O)N3)C2)o1. The minimum atomic E-state index is -0.349. The molecular formula is C19H29N3O3. The van der Waals surface area contributed by atoms with Crippen molar-refractivity contribution < 1.29 is 14.0 Å². The largest absolute Gasteiger partial charge is 0.465 e. The Morgan fingerprint density at radius 3 is 2.76 bits per heavy atom. The Labute approximate surface area is 149 Å². The van der Waals surface area contributed by atoms with Crippen LogP contribution in [0.15, 0.2) is 16.5 Å². The summed E-state index contributed by atoms with van der Waals surface area (Å²) in [6, 6.07) is 3.98. The highest BCUT2D eigenvalue weighted by Gasteiger charge is 2.41. The molecule has 2 saturated heterocycles. The second kappa shape index (κ2) is 7.20. The Morgan fingerprint density at radius 2 is 2.12 bits per heavy atom. The number of carbonyl (C=O) groups excluding carboxylic acids is 2. The summed E-state index contributed by atoms with van der Waals surface area (Å²) in [4.78, 5) is 28.9. The fourth-order valence-corrected chi connectivity index (χ4v) is 3.99. The number of piperidine rings is 1. The van der Waals surface area contributed by atoms with Gasteiger partial charge in [-0.15, -0.1) is 0 Å².